The summed E-state index contributed by atoms with van der Waals surface area (Å²) >= 11 is 0. The van der Waals surface area contributed by atoms with E-state index < -0.39 is 0 Å². The molecule has 1 N–H and O–H groups in total. The van der Waals surface area contributed by atoms with Gasteiger partial charge in [-0.1, -0.05) is 44.4 Å². The summed E-state index contributed by atoms with van der Waals surface area (Å²) in [7, 11) is 0. The minimum atomic E-state index is 0.629. The Morgan fingerprint density at radius 3 is 2.55 bits per heavy atom. The van der Waals surface area contributed by atoms with Crippen molar-refractivity contribution in [2.45, 2.75) is 57.8 Å². The van der Waals surface area contributed by atoms with Gasteiger partial charge in [0.05, 0.1) is 6.61 Å². The highest BCUT2D eigenvalue weighted by Gasteiger charge is 2.24. The monoisotopic (exact) mass is 301 g/mol. The maximum absolute atomic E-state index is 6.26. The van der Waals surface area contributed by atoms with Crippen molar-refractivity contribution < 1.29 is 4.74 Å². The van der Waals surface area contributed by atoms with Crippen LogP contribution in [0, 0.1) is 11.8 Å². The van der Waals surface area contributed by atoms with Gasteiger partial charge < -0.3 is 10.1 Å². The number of hydrogen-bond acceptors (Lipinski definition) is 2. The highest BCUT2D eigenvalue weighted by Crippen LogP contribution is 2.39. The third-order valence-electron chi connectivity index (χ3n) is 5.70. The highest BCUT2D eigenvalue weighted by molar-refractivity contribution is 5.36. The van der Waals surface area contributed by atoms with E-state index in [9.17, 15) is 0 Å². The Morgan fingerprint density at radius 1 is 1.05 bits per heavy atom. The summed E-state index contributed by atoms with van der Waals surface area (Å²) in [4.78, 5) is 0. The molecule has 3 rings (SSSR count). The van der Waals surface area contributed by atoms with Gasteiger partial charge in [0, 0.05) is 0 Å². The van der Waals surface area contributed by atoms with Crippen molar-refractivity contribution in [2.24, 2.45) is 11.8 Å². The van der Waals surface area contributed by atoms with E-state index in [1.54, 1.807) is 0 Å². The summed E-state index contributed by atoms with van der Waals surface area (Å²) in [6.07, 6.45) is 9.53. The van der Waals surface area contributed by atoms with E-state index >= 15 is 0 Å². The zero-order valence-corrected chi connectivity index (χ0v) is 14.0. The number of rotatable bonds is 5. The molecule has 1 aliphatic carbocycles. The molecular weight excluding hydrogens is 270 g/mol. The zero-order valence-electron chi connectivity index (χ0n) is 14.0. The molecule has 0 aromatic heterocycles. The summed E-state index contributed by atoms with van der Waals surface area (Å²) in [5, 5.41) is 3.43. The fraction of sp³-hybridized carbons (Fsp3) is 0.700. The highest BCUT2D eigenvalue weighted by atomic mass is 16.5. The third kappa shape index (κ3) is 4.04. The van der Waals surface area contributed by atoms with Crippen LogP contribution in [0.4, 0.5) is 0 Å². The fourth-order valence-electron chi connectivity index (χ4n) is 4.13. The van der Waals surface area contributed by atoms with Crippen LogP contribution in [0.15, 0.2) is 24.3 Å². The first-order valence-corrected chi connectivity index (χ1v) is 9.27. The van der Waals surface area contributed by atoms with Crippen molar-refractivity contribution in [3.8, 4) is 5.75 Å². The van der Waals surface area contributed by atoms with Gasteiger partial charge in [0.25, 0.3) is 0 Å². The third-order valence-corrected chi connectivity index (χ3v) is 5.70. The van der Waals surface area contributed by atoms with Crippen LogP contribution < -0.4 is 10.1 Å². The van der Waals surface area contributed by atoms with Gasteiger partial charge in [0.15, 0.2) is 0 Å². The van der Waals surface area contributed by atoms with Gasteiger partial charge in [0.2, 0.25) is 0 Å². The Labute approximate surface area is 135 Å². The molecule has 0 radical (unpaired) electrons. The molecular formula is C20H31NO. The average molecular weight is 301 g/mol. The fourth-order valence-corrected chi connectivity index (χ4v) is 4.13. The summed E-state index contributed by atoms with van der Waals surface area (Å²) < 4.78 is 6.26. The van der Waals surface area contributed by atoms with Crippen LogP contribution in [-0.4, -0.2) is 19.7 Å². The van der Waals surface area contributed by atoms with Crippen molar-refractivity contribution in [3.63, 3.8) is 0 Å². The molecule has 22 heavy (non-hydrogen) atoms. The van der Waals surface area contributed by atoms with Crippen LogP contribution in [0.25, 0.3) is 0 Å². The molecule has 1 saturated carbocycles. The lowest BCUT2D eigenvalue weighted by atomic mass is 9.77. The van der Waals surface area contributed by atoms with Gasteiger partial charge in [-0.2, -0.15) is 0 Å². The maximum atomic E-state index is 6.26. The first-order valence-electron chi connectivity index (χ1n) is 9.27. The molecule has 1 atom stereocenters. The Balaban J connectivity index is 1.63. The number of nitrogens with one attached hydrogen (secondary N) is 1. The van der Waals surface area contributed by atoms with E-state index in [0.717, 1.165) is 37.3 Å². The maximum Gasteiger partial charge on any atom is 0.122 e. The predicted octanol–water partition coefficient (Wildman–Crippen LogP) is 4.75. The second-order valence-corrected chi connectivity index (χ2v) is 7.23. The Hall–Kier alpha value is -1.02. The summed E-state index contributed by atoms with van der Waals surface area (Å²) in [6.45, 7) is 5.58. The minimum Gasteiger partial charge on any atom is -0.493 e. The van der Waals surface area contributed by atoms with E-state index in [1.807, 2.05) is 0 Å². The topological polar surface area (TPSA) is 21.3 Å². The standard InChI is InChI=1S/C20H31NO/c1-16(18-7-3-2-4-8-18)19-9-5-6-10-20(19)22-15-17-11-13-21-14-12-17/h5-6,9-10,16-18,21H,2-4,7-8,11-15H2,1H3. The number of para-hydroxylation sites is 1. The number of ether oxygens (including phenoxy) is 1. The summed E-state index contributed by atoms with van der Waals surface area (Å²) in [5.74, 6) is 3.33. The quantitative estimate of drug-likeness (QED) is 0.847. The first kappa shape index (κ1) is 15.9. The van der Waals surface area contributed by atoms with E-state index in [4.69, 9.17) is 4.74 Å². The Morgan fingerprint density at radius 2 is 1.77 bits per heavy atom. The van der Waals surface area contributed by atoms with Crippen LogP contribution >= 0.6 is 0 Å². The molecule has 2 aliphatic rings. The molecule has 1 aliphatic heterocycles. The molecule has 0 amide bonds. The van der Waals surface area contributed by atoms with Gasteiger partial charge >= 0.3 is 0 Å². The smallest absolute Gasteiger partial charge is 0.122 e. The second kappa shape index (κ2) is 8.01. The van der Waals surface area contributed by atoms with Crippen LogP contribution in [0.3, 0.4) is 0 Å². The minimum absolute atomic E-state index is 0.629. The lowest BCUT2D eigenvalue weighted by Gasteiger charge is -2.29. The number of piperidine rings is 1. The van der Waals surface area contributed by atoms with Crippen molar-refractivity contribution in [1.82, 2.24) is 5.32 Å². The van der Waals surface area contributed by atoms with E-state index in [1.165, 1.54) is 50.5 Å². The lowest BCUT2D eigenvalue weighted by Crippen LogP contribution is -2.30. The average Bonchev–Trinajstić information content (AvgIpc) is 2.61. The van der Waals surface area contributed by atoms with E-state index in [0.29, 0.717) is 5.92 Å². The summed E-state index contributed by atoms with van der Waals surface area (Å²) in [6, 6.07) is 8.76. The zero-order chi connectivity index (χ0) is 15.2. The van der Waals surface area contributed by atoms with Crippen LogP contribution in [-0.2, 0) is 0 Å². The second-order valence-electron chi connectivity index (χ2n) is 7.23. The van der Waals surface area contributed by atoms with Crippen molar-refractivity contribution in [3.05, 3.63) is 29.8 Å². The Kier molecular flexibility index (Phi) is 5.77. The van der Waals surface area contributed by atoms with Crippen molar-refractivity contribution in [1.29, 1.82) is 0 Å². The largest absolute Gasteiger partial charge is 0.493 e. The molecule has 2 fully saturated rings. The van der Waals surface area contributed by atoms with Crippen molar-refractivity contribution >= 4 is 0 Å². The van der Waals surface area contributed by atoms with Gasteiger partial charge in [-0.25, -0.2) is 0 Å². The molecule has 1 aromatic carbocycles. The normalized spacial score (nSPS) is 22.4. The van der Waals surface area contributed by atoms with Crippen LogP contribution in [0.5, 0.6) is 5.75 Å². The Bertz CT molecular complexity index is 447. The van der Waals surface area contributed by atoms with Crippen LogP contribution in [0.2, 0.25) is 0 Å². The molecule has 1 heterocycles. The molecule has 122 valence electrons. The van der Waals surface area contributed by atoms with Crippen LogP contribution in [0.1, 0.15) is 63.4 Å². The number of hydrogen-bond donors (Lipinski definition) is 1. The lowest BCUT2D eigenvalue weighted by molar-refractivity contribution is 0.210. The first-order chi connectivity index (χ1) is 10.8. The van der Waals surface area contributed by atoms with E-state index in [-0.39, 0.29) is 0 Å². The molecule has 0 spiro atoms. The van der Waals surface area contributed by atoms with Gasteiger partial charge in [0.1, 0.15) is 5.75 Å². The number of benzene rings is 1. The van der Waals surface area contributed by atoms with Crippen molar-refractivity contribution in [2.75, 3.05) is 19.7 Å². The summed E-state index contributed by atoms with van der Waals surface area (Å²) in [5.41, 5.74) is 1.43. The van der Waals surface area contributed by atoms with E-state index in [2.05, 4.69) is 36.5 Å². The van der Waals surface area contributed by atoms with Gasteiger partial charge in [-0.15, -0.1) is 0 Å². The molecule has 2 nitrogen and oxygen atoms in total. The molecule has 0 bridgehead atoms. The predicted molar refractivity (Wildman–Crippen MR) is 92.5 cm³/mol. The van der Waals surface area contributed by atoms with Gasteiger partial charge in [-0.05, 0) is 68.2 Å². The molecule has 2 heteroatoms. The SMILES string of the molecule is CC(c1ccccc1OCC1CCNCC1)C1CCCCC1. The molecule has 1 unspecified atom stereocenters. The van der Waals surface area contributed by atoms with Gasteiger partial charge in [-0.3, -0.25) is 0 Å². The molecule has 1 saturated heterocycles. The molecule has 1 aromatic rings.